The Labute approximate surface area is 210 Å². The van der Waals surface area contributed by atoms with Gasteiger partial charge in [-0.15, -0.1) is 0 Å². The summed E-state index contributed by atoms with van der Waals surface area (Å²) in [7, 11) is 1.83. The summed E-state index contributed by atoms with van der Waals surface area (Å²) >= 11 is 0. The quantitative estimate of drug-likeness (QED) is 0.647. The predicted octanol–water partition coefficient (Wildman–Crippen LogP) is 4.80. The van der Waals surface area contributed by atoms with Gasteiger partial charge in [-0.05, 0) is 81.4 Å². The summed E-state index contributed by atoms with van der Waals surface area (Å²) < 4.78 is 13.6. The highest BCUT2D eigenvalue weighted by Gasteiger charge is 2.85. The molecule has 5 nitrogen and oxygen atoms in total. The van der Waals surface area contributed by atoms with Crippen LogP contribution in [0.2, 0.25) is 0 Å². The van der Waals surface area contributed by atoms with Crippen molar-refractivity contribution in [2.75, 3.05) is 20.2 Å². The molecule has 0 amide bonds. The van der Waals surface area contributed by atoms with Crippen molar-refractivity contribution in [1.29, 1.82) is 0 Å². The predicted molar refractivity (Wildman–Crippen MR) is 135 cm³/mol. The lowest BCUT2D eigenvalue weighted by Crippen LogP contribution is -2.86. The van der Waals surface area contributed by atoms with Gasteiger partial charge in [-0.1, -0.05) is 33.8 Å². The molecule has 7 aliphatic rings. The average Bonchev–Trinajstić information content (AvgIpc) is 3.53. The Morgan fingerprint density at radius 3 is 2.54 bits per heavy atom. The second-order valence-corrected chi connectivity index (χ2v) is 14.4. The number of phenols is 1. The molecule has 4 saturated carbocycles. The Hall–Kier alpha value is -1.30. The third kappa shape index (κ3) is 2.26. The van der Waals surface area contributed by atoms with Gasteiger partial charge in [0, 0.05) is 41.5 Å². The molecule has 7 atom stereocenters. The molecule has 1 aromatic carbocycles. The van der Waals surface area contributed by atoms with Crippen molar-refractivity contribution in [1.82, 2.24) is 4.90 Å². The zero-order valence-electron chi connectivity index (χ0n) is 22.4. The van der Waals surface area contributed by atoms with E-state index in [1.54, 1.807) is 0 Å². The van der Waals surface area contributed by atoms with Gasteiger partial charge in [0.25, 0.3) is 0 Å². The summed E-state index contributed by atoms with van der Waals surface area (Å²) in [5, 5.41) is 23.5. The zero-order chi connectivity index (χ0) is 24.8. The highest BCUT2D eigenvalue weighted by molar-refractivity contribution is 5.63. The van der Waals surface area contributed by atoms with Gasteiger partial charge in [-0.2, -0.15) is 0 Å². The molecular weight excluding hydrogens is 438 g/mol. The van der Waals surface area contributed by atoms with Crippen molar-refractivity contribution in [2.24, 2.45) is 22.2 Å². The molecule has 2 aliphatic heterocycles. The SMILES string of the molecule is CO[C@]12CC[C@@]3(C[C@]1(C)[C@](C)(O)C(C)(C)C)[C@H]1Cc4ccc(O)c5c4[C@@]3(CCN1CC1CC1)[C@H]2O5. The number of benzene rings is 1. The van der Waals surface area contributed by atoms with Crippen LogP contribution in [0, 0.1) is 22.2 Å². The second-order valence-electron chi connectivity index (χ2n) is 14.4. The van der Waals surface area contributed by atoms with Crippen molar-refractivity contribution in [3.05, 3.63) is 23.3 Å². The van der Waals surface area contributed by atoms with Crippen LogP contribution in [0.4, 0.5) is 0 Å². The van der Waals surface area contributed by atoms with Crippen LogP contribution in [-0.2, 0) is 16.6 Å². The Balaban J connectivity index is 1.51. The maximum absolute atomic E-state index is 12.5. The number of hydrogen-bond donors (Lipinski definition) is 2. The molecule has 4 bridgehead atoms. The van der Waals surface area contributed by atoms with Gasteiger partial charge in [0.15, 0.2) is 11.5 Å². The van der Waals surface area contributed by atoms with Crippen LogP contribution in [0.1, 0.15) is 84.3 Å². The van der Waals surface area contributed by atoms with E-state index in [0.29, 0.717) is 11.8 Å². The highest BCUT2D eigenvalue weighted by Crippen LogP contribution is 2.80. The first kappa shape index (κ1) is 22.9. The number of nitrogens with zero attached hydrogens (tertiary/aromatic N) is 1. The van der Waals surface area contributed by atoms with Crippen LogP contribution in [0.15, 0.2) is 12.1 Å². The molecule has 35 heavy (non-hydrogen) atoms. The number of phenolic OH excluding ortho intramolecular Hbond substituents is 1. The third-order valence-corrected chi connectivity index (χ3v) is 12.6. The van der Waals surface area contributed by atoms with E-state index in [1.807, 2.05) is 20.1 Å². The van der Waals surface area contributed by atoms with E-state index in [1.165, 1.54) is 30.5 Å². The first-order valence-corrected chi connectivity index (χ1v) is 13.9. The fourth-order valence-corrected chi connectivity index (χ4v) is 10.2. The maximum atomic E-state index is 12.5. The zero-order valence-corrected chi connectivity index (χ0v) is 22.4. The first-order chi connectivity index (χ1) is 16.4. The monoisotopic (exact) mass is 481 g/mol. The topological polar surface area (TPSA) is 62.2 Å². The van der Waals surface area contributed by atoms with E-state index in [4.69, 9.17) is 9.47 Å². The van der Waals surface area contributed by atoms with E-state index in [-0.39, 0.29) is 28.1 Å². The molecule has 0 aromatic heterocycles. The van der Waals surface area contributed by atoms with Crippen molar-refractivity contribution >= 4 is 0 Å². The lowest BCUT2D eigenvalue weighted by atomic mass is 9.29. The van der Waals surface area contributed by atoms with Gasteiger partial charge < -0.3 is 19.7 Å². The summed E-state index contributed by atoms with van der Waals surface area (Å²) in [5.41, 5.74) is 0.0427. The Bertz CT molecular complexity index is 1100. The van der Waals surface area contributed by atoms with Crippen molar-refractivity contribution < 1.29 is 19.7 Å². The fraction of sp³-hybridized carbons (Fsp3) is 0.800. The Kier molecular flexibility index (Phi) is 4.18. The number of methoxy groups -OCH3 is 1. The van der Waals surface area contributed by atoms with Gasteiger partial charge in [0.1, 0.15) is 11.7 Å². The van der Waals surface area contributed by atoms with E-state index in [0.717, 1.165) is 44.6 Å². The fourth-order valence-electron chi connectivity index (χ4n) is 10.2. The minimum atomic E-state index is -0.971. The number of aromatic hydroxyl groups is 1. The Morgan fingerprint density at radius 2 is 1.89 bits per heavy atom. The number of piperidine rings is 1. The number of ether oxygens (including phenoxy) is 2. The van der Waals surface area contributed by atoms with E-state index in [2.05, 4.69) is 38.7 Å². The summed E-state index contributed by atoms with van der Waals surface area (Å²) in [4.78, 5) is 2.82. The number of fused-ring (bicyclic) bond motifs is 2. The van der Waals surface area contributed by atoms with Gasteiger partial charge in [-0.3, -0.25) is 4.90 Å². The van der Waals surface area contributed by atoms with Crippen molar-refractivity contribution in [3.63, 3.8) is 0 Å². The molecule has 8 rings (SSSR count). The standard InChI is InChI=1S/C30H43NO4/c1-25(2,3)27(5,33)26(4)17-28-11-12-30(26,34-6)24-29(28)13-14-31(16-18-7-8-18)21(28)15-19-9-10-20(32)23(35-24)22(19)29/h9-10,18,21,24,32-33H,7-8,11-17H2,1-6H3/t21-,24-,26-,27-,28-,29+,30+/m1/s1. The number of rotatable bonds is 4. The molecular formula is C30H43NO4. The molecule has 2 spiro atoms. The molecule has 0 unspecified atom stereocenters. The molecule has 2 heterocycles. The normalized spacial score (nSPS) is 45.1. The molecule has 2 N–H and O–H groups in total. The lowest BCUT2D eigenvalue weighted by Gasteiger charge is -2.78. The van der Waals surface area contributed by atoms with Crippen LogP contribution in [0.25, 0.3) is 0 Å². The number of hydrogen-bond acceptors (Lipinski definition) is 5. The van der Waals surface area contributed by atoms with Gasteiger partial charge in [0.2, 0.25) is 0 Å². The minimum absolute atomic E-state index is 0.00111. The molecule has 1 saturated heterocycles. The van der Waals surface area contributed by atoms with E-state index >= 15 is 0 Å². The van der Waals surface area contributed by atoms with E-state index < -0.39 is 16.6 Å². The summed E-state index contributed by atoms with van der Waals surface area (Å²) in [6, 6.07) is 4.44. The van der Waals surface area contributed by atoms with Crippen LogP contribution in [0.3, 0.4) is 0 Å². The summed E-state index contributed by atoms with van der Waals surface area (Å²) in [6.07, 6.45) is 7.50. The van der Waals surface area contributed by atoms with Crippen LogP contribution < -0.4 is 4.74 Å². The molecule has 5 fully saturated rings. The smallest absolute Gasteiger partial charge is 0.165 e. The van der Waals surface area contributed by atoms with Gasteiger partial charge >= 0.3 is 0 Å². The molecule has 0 radical (unpaired) electrons. The molecule has 192 valence electrons. The van der Waals surface area contributed by atoms with Crippen molar-refractivity contribution in [2.45, 2.75) is 108 Å². The minimum Gasteiger partial charge on any atom is -0.504 e. The summed E-state index contributed by atoms with van der Waals surface area (Å²) in [6.45, 7) is 13.1. The molecule has 1 aromatic rings. The largest absolute Gasteiger partial charge is 0.504 e. The first-order valence-electron chi connectivity index (χ1n) is 13.9. The van der Waals surface area contributed by atoms with Crippen LogP contribution >= 0.6 is 0 Å². The third-order valence-electron chi connectivity index (χ3n) is 12.6. The lowest BCUT2D eigenvalue weighted by molar-refractivity contribution is -0.350. The van der Waals surface area contributed by atoms with Crippen LogP contribution in [0.5, 0.6) is 11.5 Å². The molecule has 5 aliphatic carbocycles. The summed E-state index contributed by atoms with van der Waals surface area (Å²) in [5.74, 6) is 1.81. The molecule has 5 heteroatoms. The second kappa shape index (κ2) is 6.39. The van der Waals surface area contributed by atoms with Crippen LogP contribution in [-0.4, -0.2) is 58.7 Å². The number of aliphatic hydroxyl groups is 1. The Morgan fingerprint density at radius 1 is 1.14 bits per heavy atom. The number of likely N-dealkylation sites (tertiary alicyclic amines) is 1. The van der Waals surface area contributed by atoms with E-state index in [9.17, 15) is 10.2 Å². The average molecular weight is 482 g/mol. The highest BCUT2D eigenvalue weighted by atomic mass is 16.6. The van der Waals surface area contributed by atoms with Crippen molar-refractivity contribution in [3.8, 4) is 11.5 Å². The maximum Gasteiger partial charge on any atom is 0.165 e. The van der Waals surface area contributed by atoms with Gasteiger partial charge in [0.05, 0.1) is 5.60 Å². The van der Waals surface area contributed by atoms with Gasteiger partial charge in [-0.25, -0.2) is 0 Å².